The van der Waals surface area contributed by atoms with Gasteiger partial charge in [0.25, 0.3) is 0 Å². The van der Waals surface area contributed by atoms with Crippen LogP contribution < -0.4 is 5.32 Å². The van der Waals surface area contributed by atoms with E-state index in [0.29, 0.717) is 16.9 Å². The lowest BCUT2D eigenvalue weighted by atomic mass is 10.1. The van der Waals surface area contributed by atoms with E-state index >= 15 is 0 Å². The van der Waals surface area contributed by atoms with Crippen LogP contribution in [0, 0.1) is 6.92 Å². The number of likely N-dealkylation sites (tertiary alicyclic amines) is 1. The molecule has 0 saturated carbocycles. The molecule has 0 aromatic carbocycles. The molecule has 7 heteroatoms. The van der Waals surface area contributed by atoms with Crippen molar-refractivity contribution in [1.82, 2.24) is 14.9 Å². The highest BCUT2D eigenvalue weighted by Crippen LogP contribution is 2.31. The number of anilines is 1. The number of pyridine rings is 2. The maximum atomic E-state index is 12.8. The second-order valence-electron chi connectivity index (χ2n) is 6.18. The van der Waals surface area contributed by atoms with Crippen molar-refractivity contribution in [2.24, 2.45) is 0 Å². The first kappa shape index (κ1) is 17.4. The Kier molecular flexibility index (Phi) is 4.76. The van der Waals surface area contributed by atoms with Crippen LogP contribution in [0.4, 0.5) is 19.0 Å². The monoisotopic (exact) mass is 348 g/mol. The third kappa shape index (κ3) is 4.17. The van der Waals surface area contributed by atoms with E-state index in [2.05, 4.69) is 26.8 Å². The third-order valence-electron chi connectivity index (χ3n) is 4.12. The summed E-state index contributed by atoms with van der Waals surface area (Å²) in [6.45, 7) is 8.79. The fraction of sp³-hybridized carbons (Fsp3) is 0.333. The standard InChI is InChI=1S/C18H19F3N4/c1-12-8-15(14-4-5-22-16(9-14)18(19,20)21)10-23-17(12)24-13(2)11-25-6-3-7-25/h4-5,8-10H,2-3,6-7,11H2,1H3,(H,23,24). The molecule has 0 atom stereocenters. The molecule has 2 aromatic heterocycles. The van der Waals surface area contributed by atoms with Crippen molar-refractivity contribution in [2.75, 3.05) is 25.0 Å². The van der Waals surface area contributed by atoms with E-state index in [1.807, 2.05) is 13.0 Å². The van der Waals surface area contributed by atoms with Crippen LogP contribution in [0.2, 0.25) is 0 Å². The molecule has 0 radical (unpaired) electrons. The number of hydrogen-bond donors (Lipinski definition) is 1. The van der Waals surface area contributed by atoms with Crippen molar-refractivity contribution in [2.45, 2.75) is 19.5 Å². The molecule has 1 N–H and O–H groups in total. The van der Waals surface area contributed by atoms with Gasteiger partial charge in [0.1, 0.15) is 11.5 Å². The molecule has 3 heterocycles. The molecular formula is C18H19F3N4. The Morgan fingerprint density at radius 1 is 1.24 bits per heavy atom. The summed E-state index contributed by atoms with van der Waals surface area (Å²) in [6, 6.07) is 4.38. The van der Waals surface area contributed by atoms with Gasteiger partial charge in [-0.25, -0.2) is 4.98 Å². The van der Waals surface area contributed by atoms with E-state index in [0.717, 1.165) is 43.2 Å². The van der Waals surface area contributed by atoms with Gasteiger partial charge in [-0.1, -0.05) is 6.58 Å². The van der Waals surface area contributed by atoms with E-state index < -0.39 is 11.9 Å². The highest BCUT2D eigenvalue weighted by atomic mass is 19.4. The topological polar surface area (TPSA) is 41.0 Å². The summed E-state index contributed by atoms with van der Waals surface area (Å²) in [4.78, 5) is 10.0. The number of halogens is 3. The minimum atomic E-state index is -4.46. The summed E-state index contributed by atoms with van der Waals surface area (Å²) < 4.78 is 38.4. The number of aryl methyl sites for hydroxylation is 1. The SMILES string of the molecule is C=C(CN1CCC1)Nc1ncc(-c2ccnc(C(F)(F)F)c2)cc1C. The van der Waals surface area contributed by atoms with Crippen LogP contribution in [-0.2, 0) is 6.18 Å². The quantitative estimate of drug-likeness (QED) is 0.883. The number of hydrogen-bond acceptors (Lipinski definition) is 4. The van der Waals surface area contributed by atoms with Gasteiger partial charge in [-0.2, -0.15) is 13.2 Å². The predicted octanol–water partition coefficient (Wildman–Crippen LogP) is 4.10. The number of alkyl halides is 3. The van der Waals surface area contributed by atoms with E-state index in [1.165, 1.54) is 6.42 Å². The molecule has 1 aliphatic rings. The van der Waals surface area contributed by atoms with Gasteiger partial charge >= 0.3 is 6.18 Å². The largest absolute Gasteiger partial charge is 0.433 e. The maximum Gasteiger partial charge on any atom is 0.433 e. The second-order valence-corrected chi connectivity index (χ2v) is 6.18. The lowest BCUT2D eigenvalue weighted by Crippen LogP contribution is -2.39. The zero-order valence-corrected chi connectivity index (χ0v) is 13.9. The number of nitrogens with zero attached hydrogens (tertiary/aromatic N) is 3. The number of rotatable bonds is 5. The lowest BCUT2D eigenvalue weighted by Gasteiger charge is -2.31. The highest BCUT2D eigenvalue weighted by molar-refractivity contribution is 5.66. The molecule has 2 aromatic rings. The van der Waals surface area contributed by atoms with Crippen LogP contribution in [-0.4, -0.2) is 34.5 Å². The summed E-state index contributed by atoms with van der Waals surface area (Å²) >= 11 is 0. The first-order valence-electron chi connectivity index (χ1n) is 8.00. The van der Waals surface area contributed by atoms with E-state index in [4.69, 9.17) is 0 Å². The molecule has 3 rings (SSSR count). The molecule has 0 bridgehead atoms. The molecule has 132 valence electrons. The van der Waals surface area contributed by atoms with Crippen molar-refractivity contribution in [3.8, 4) is 11.1 Å². The van der Waals surface area contributed by atoms with Crippen molar-refractivity contribution < 1.29 is 13.2 Å². The Hall–Kier alpha value is -2.41. The van der Waals surface area contributed by atoms with Gasteiger partial charge in [0.05, 0.1) is 0 Å². The Balaban J connectivity index is 1.76. The van der Waals surface area contributed by atoms with Crippen molar-refractivity contribution in [1.29, 1.82) is 0 Å². The third-order valence-corrected chi connectivity index (χ3v) is 4.12. The van der Waals surface area contributed by atoms with Gasteiger partial charge in [-0.05, 0) is 55.8 Å². The molecule has 1 saturated heterocycles. The summed E-state index contributed by atoms with van der Waals surface area (Å²) in [5.74, 6) is 0.666. The van der Waals surface area contributed by atoms with Crippen LogP contribution in [0.3, 0.4) is 0 Å². The van der Waals surface area contributed by atoms with E-state index in [9.17, 15) is 13.2 Å². The Morgan fingerprint density at radius 2 is 2.00 bits per heavy atom. The van der Waals surface area contributed by atoms with Crippen molar-refractivity contribution in [3.05, 3.63) is 54.1 Å². The van der Waals surface area contributed by atoms with Gasteiger partial charge in [-0.15, -0.1) is 0 Å². The van der Waals surface area contributed by atoms with Gasteiger partial charge in [0.15, 0.2) is 0 Å². The van der Waals surface area contributed by atoms with Gasteiger partial charge in [-0.3, -0.25) is 9.88 Å². The molecule has 25 heavy (non-hydrogen) atoms. The number of aromatic nitrogens is 2. The maximum absolute atomic E-state index is 12.8. The lowest BCUT2D eigenvalue weighted by molar-refractivity contribution is -0.141. The molecule has 0 unspecified atom stereocenters. The molecule has 4 nitrogen and oxygen atoms in total. The average Bonchev–Trinajstić information content (AvgIpc) is 2.52. The van der Waals surface area contributed by atoms with Crippen LogP contribution >= 0.6 is 0 Å². The summed E-state index contributed by atoms with van der Waals surface area (Å²) in [6.07, 6.45) is -0.532. The molecule has 1 aliphatic heterocycles. The van der Waals surface area contributed by atoms with Crippen LogP contribution in [0.1, 0.15) is 17.7 Å². The van der Waals surface area contributed by atoms with Crippen LogP contribution in [0.25, 0.3) is 11.1 Å². The zero-order valence-electron chi connectivity index (χ0n) is 13.9. The second kappa shape index (κ2) is 6.84. The Labute approximate surface area is 144 Å². The molecular weight excluding hydrogens is 329 g/mol. The highest BCUT2D eigenvalue weighted by Gasteiger charge is 2.32. The molecule has 1 fully saturated rings. The van der Waals surface area contributed by atoms with Crippen molar-refractivity contribution in [3.63, 3.8) is 0 Å². The molecule has 0 aliphatic carbocycles. The van der Waals surface area contributed by atoms with Gasteiger partial charge in [0, 0.05) is 30.2 Å². The first-order valence-corrected chi connectivity index (χ1v) is 8.00. The smallest absolute Gasteiger partial charge is 0.343 e. The van der Waals surface area contributed by atoms with Crippen LogP contribution in [0.5, 0.6) is 0 Å². The van der Waals surface area contributed by atoms with Crippen LogP contribution in [0.15, 0.2) is 42.9 Å². The first-order chi connectivity index (χ1) is 11.8. The van der Waals surface area contributed by atoms with Gasteiger partial charge < -0.3 is 5.32 Å². The summed E-state index contributed by atoms with van der Waals surface area (Å²) in [7, 11) is 0. The summed E-state index contributed by atoms with van der Waals surface area (Å²) in [5.41, 5.74) is 1.83. The molecule has 0 spiro atoms. The Bertz CT molecular complexity index is 782. The zero-order chi connectivity index (χ0) is 18.0. The van der Waals surface area contributed by atoms with E-state index in [-0.39, 0.29) is 0 Å². The average molecular weight is 348 g/mol. The predicted molar refractivity (Wildman–Crippen MR) is 91.0 cm³/mol. The normalized spacial score (nSPS) is 14.9. The minimum Gasteiger partial charge on any atom is -0.343 e. The molecule has 0 amide bonds. The van der Waals surface area contributed by atoms with Crippen molar-refractivity contribution >= 4 is 5.82 Å². The van der Waals surface area contributed by atoms with E-state index in [1.54, 1.807) is 12.3 Å². The summed E-state index contributed by atoms with van der Waals surface area (Å²) in [5, 5.41) is 3.18. The minimum absolute atomic E-state index is 0.434. The Morgan fingerprint density at radius 3 is 2.60 bits per heavy atom. The number of nitrogens with one attached hydrogen (secondary N) is 1. The van der Waals surface area contributed by atoms with Gasteiger partial charge in [0.2, 0.25) is 0 Å². The fourth-order valence-corrected chi connectivity index (χ4v) is 2.65. The fourth-order valence-electron chi connectivity index (χ4n) is 2.65.